The predicted molar refractivity (Wildman–Crippen MR) is 35.9 cm³/mol. The zero-order valence-corrected chi connectivity index (χ0v) is 6.08. The average Bonchev–Trinajstić information content (AvgIpc) is 2.07. The molecular weight excluding hydrogens is 117 g/mol. The predicted octanol–water partition coefficient (Wildman–Crippen LogP) is 1.47. The van der Waals surface area contributed by atoms with E-state index >= 15 is 0 Å². The molecule has 1 aliphatic carbocycles. The summed E-state index contributed by atoms with van der Waals surface area (Å²) in [6.07, 6.45) is 1.50. The number of hydrogen-bond acceptors (Lipinski definition) is 1. The van der Waals surface area contributed by atoms with E-state index in [2.05, 4.69) is 13.8 Å². The fourth-order valence-electron chi connectivity index (χ4n) is 1.34. The second kappa shape index (κ2) is 1.69. The summed E-state index contributed by atoms with van der Waals surface area (Å²) in [6, 6.07) is 0. The molecule has 1 fully saturated rings. The Kier molecular flexibility index (Phi) is 1.31. The molecule has 1 aliphatic rings. The van der Waals surface area contributed by atoms with Gasteiger partial charge in [-0.1, -0.05) is 13.8 Å². The van der Waals surface area contributed by atoms with Crippen molar-refractivity contribution in [2.75, 3.05) is 6.67 Å². The molecular formula is C7H14FN. The van der Waals surface area contributed by atoms with Crippen molar-refractivity contribution < 1.29 is 4.39 Å². The Morgan fingerprint density at radius 3 is 2.11 bits per heavy atom. The maximum Gasteiger partial charge on any atom is 0.0912 e. The first-order valence-electron chi connectivity index (χ1n) is 3.37. The first-order chi connectivity index (χ1) is 4.02. The van der Waals surface area contributed by atoms with Crippen LogP contribution in [0.15, 0.2) is 0 Å². The summed E-state index contributed by atoms with van der Waals surface area (Å²) in [5.74, 6) is 0. The van der Waals surface area contributed by atoms with Crippen molar-refractivity contribution in [3.63, 3.8) is 0 Å². The standard InChI is InChI=1S/C7H14FN/c1-6(2)5-7(6,9)3-4-8/h3-5,9H2,1-2H3. The van der Waals surface area contributed by atoms with E-state index in [4.69, 9.17) is 5.73 Å². The molecule has 0 spiro atoms. The summed E-state index contributed by atoms with van der Waals surface area (Å²) >= 11 is 0. The molecule has 0 heterocycles. The molecule has 1 rings (SSSR count). The summed E-state index contributed by atoms with van der Waals surface area (Å²) in [6.45, 7) is 3.89. The summed E-state index contributed by atoms with van der Waals surface area (Å²) in [5, 5.41) is 0. The third-order valence-electron chi connectivity index (χ3n) is 2.52. The quantitative estimate of drug-likeness (QED) is 0.603. The van der Waals surface area contributed by atoms with Crippen LogP contribution in [0.25, 0.3) is 0 Å². The number of hydrogen-bond donors (Lipinski definition) is 1. The second-order valence-electron chi connectivity index (χ2n) is 3.66. The van der Waals surface area contributed by atoms with Gasteiger partial charge < -0.3 is 5.73 Å². The fraction of sp³-hybridized carbons (Fsp3) is 1.00. The van der Waals surface area contributed by atoms with E-state index in [1.54, 1.807) is 0 Å². The SMILES string of the molecule is CC1(C)CC1(N)CCF. The van der Waals surface area contributed by atoms with Crippen LogP contribution < -0.4 is 5.73 Å². The Bertz CT molecular complexity index is 122. The van der Waals surface area contributed by atoms with Gasteiger partial charge in [-0.3, -0.25) is 4.39 Å². The maximum atomic E-state index is 11.8. The van der Waals surface area contributed by atoms with Gasteiger partial charge in [0.25, 0.3) is 0 Å². The Hall–Kier alpha value is -0.110. The van der Waals surface area contributed by atoms with Gasteiger partial charge in [-0.25, -0.2) is 0 Å². The van der Waals surface area contributed by atoms with Crippen molar-refractivity contribution in [2.45, 2.75) is 32.2 Å². The largest absolute Gasteiger partial charge is 0.325 e. The lowest BCUT2D eigenvalue weighted by atomic mass is 10.0. The van der Waals surface area contributed by atoms with Crippen molar-refractivity contribution in [1.29, 1.82) is 0 Å². The van der Waals surface area contributed by atoms with Gasteiger partial charge in [0.05, 0.1) is 6.67 Å². The van der Waals surface area contributed by atoms with Crippen LogP contribution in [0.2, 0.25) is 0 Å². The maximum absolute atomic E-state index is 11.8. The molecule has 0 bridgehead atoms. The van der Waals surface area contributed by atoms with Crippen molar-refractivity contribution in [3.8, 4) is 0 Å². The van der Waals surface area contributed by atoms with Gasteiger partial charge in [0.15, 0.2) is 0 Å². The van der Waals surface area contributed by atoms with Crippen molar-refractivity contribution in [1.82, 2.24) is 0 Å². The molecule has 0 aliphatic heterocycles. The van der Waals surface area contributed by atoms with Gasteiger partial charge in [0, 0.05) is 5.54 Å². The highest BCUT2D eigenvalue weighted by atomic mass is 19.1. The Labute approximate surface area is 55.4 Å². The minimum absolute atomic E-state index is 0.179. The highest BCUT2D eigenvalue weighted by molar-refractivity contribution is 5.14. The van der Waals surface area contributed by atoms with Crippen LogP contribution in [0.3, 0.4) is 0 Å². The van der Waals surface area contributed by atoms with Crippen LogP contribution >= 0.6 is 0 Å². The van der Waals surface area contributed by atoms with Gasteiger partial charge in [-0.15, -0.1) is 0 Å². The van der Waals surface area contributed by atoms with Crippen LogP contribution in [0.1, 0.15) is 26.7 Å². The van der Waals surface area contributed by atoms with Gasteiger partial charge in [0.2, 0.25) is 0 Å². The third kappa shape index (κ3) is 0.960. The van der Waals surface area contributed by atoms with Crippen LogP contribution in [-0.2, 0) is 0 Å². The summed E-state index contributed by atoms with van der Waals surface area (Å²) in [4.78, 5) is 0. The summed E-state index contributed by atoms with van der Waals surface area (Å²) < 4.78 is 11.8. The van der Waals surface area contributed by atoms with Crippen LogP contribution in [0, 0.1) is 5.41 Å². The molecule has 2 heteroatoms. The summed E-state index contributed by atoms with van der Waals surface area (Å²) in [5.41, 5.74) is 5.81. The van der Waals surface area contributed by atoms with Crippen molar-refractivity contribution in [2.24, 2.45) is 11.1 Å². The van der Waals surface area contributed by atoms with E-state index in [-0.39, 0.29) is 17.6 Å². The molecule has 1 nitrogen and oxygen atoms in total. The normalized spacial score (nSPS) is 38.7. The van der Waals surface area contributed by atoms with E-state index in [0.29, 0.717) is 6.42 Å². The van der Waals surface area contributed by atoms with Crippen LogP contribution in [0.5, 0.6) is 0 Å². The van der Waals surface area contributed by atoms with Crippen molar-refractivity contribution >= 4 is 0 Å². The van der Waals surface area contributed by atoms with E-state index in [1.165, 1.54) is 0 Å². The molecule has 0 aromatic rings. The molecule has 1 saturated carbocycles. The van der Waals surface area contributed by atoms with Gasteiger partial charge in [0.1, 0.15) is 0 Å². The molecule has 2 N–H and O–H groups in total. The Balaban J connectivity index is 2.42. The number of halogens is 1. The molecule has 1 atom stereocenters. The monoisotopic (exact) mass is 131 g/mol. The van der Waals surface area contributed by atoms with Gasteiger partial charge in [-0.2, -0.15) is 0 Å². The van der Waals surface area contributed by atoms with Gasteiger partial charge in [-0.05, 0) is 18.3 Å². The number of rotatable bonds is 2. The fourth-order valence-corrected chi connectivity index (χ4v) is 1.34. The zero-order valence-electron chi connectivity index (χ0n) is 6.08. The zero-order chi connectivity index (χ0) is 7.12. The first kappa shape index (κ1) is 7.00. The highest BCUT2D eigenvalue weighted by Gasteiger charge is 2.57. The molecule has 0 saturated heterocycles. The molecule has 1 unspecified atom stereocenters. The smallest absolute Gasteiger partial charge is 0.0912 e. The van der Waals surface area contributed by atoms with Crippen LogP contribution in [-0.4, -0.2) is 12.2 Å². The van der Waals surface area contributed by atoms with E-state index in [0.717, 1.165) is 6.42 Å². The third-order valence-corrected chi connectivity index (χ3v) is 2.52. The highest BCUT2D eigenvalue weighted by Crippen LogP contribution is 2.55. The Morgan fingerprint density at radius 1 is 1.56 bits per heavy atom. The molecule has 54 valence electrons. The Morgan fingerprint density at radius 2 is 2.00 bits per heavy atom. The first-order valence-corrected chi connectivity index (χ1v) is 3.37. The molecule has 9 heavy (non-hydrogen) atoms. The molecule has 0 aromatic heterocycles. The summed E-state index contributed by atoms with van der Waals surface area (Å²) in [7, 11) is 0. The number of nitrogens with two attached hydrogens (primary N) is 1. The second-order valence-corrected chi connectivity index (χ2v) is 3.66. The van der Waals surface area contributed by atoms with Crippen molar-refractivity contribution in [3.05, 3.63) is 0 Å². The number of alkyl halides is 1. The molecule has 0 radical (unpaired) electrons. The minimum atomic E-state index is -0.278. The van der Waals surface area contributed by atoms with E-state index < -0.39 is 0 Å². The van der Waals surface area contributed by atoms with Crippen LogP contribution in [0.4, 0.5) is 4.39 Å². The van der Waals surface area contributed by atoms with Gasteiger partial charge >= 0.3 is 0 Å². The topological polar surface area (TPSA) is 26.0 Å². The van der Waals surface area contributed by atoms with E-state index in [9.17, 15) is 4.39 Å². The van der Waals surface area contributed by atoms with E-state index in [1.807, 2.05) is 0 Å². The minimum Gasteiger partial charge on any atom is -0.325 e. The lowest BCUT2D eigenvalue weighted by Gasteiger charge is -2.11. The molecule has 0 aromatic carbocycles. The lowest BCUT2D eigenvalue weighted by Crippen LogP contribution is -2.28. The lowest BCUT2D eigenvalue weighted by molar-refractivity contribution is 0.385. The molecule has 0 amide bonds. The average molecular weight is 131 g/mol.